The quantitative estimate of drug-likeness (QED) is 0.903. The summed E-state index contributed by atoms with van der Waals surface area (Å²) < 4.78 is 11.7. The molecule has 1 aromatic carbocycles. The van der Waals surface area contributed by atoms with Gasteiger partial charge in [-0.05, 0) is 55.8 Å². The van der Waals surface area contributed by atoms with E-state index in [2.05, 4.69) is 30.1 Å². The van der Waals surface area contributed by atoms with E-state index in [0.29, 0.717) is 18.1 Å². The molecule has 1 aromatic rings. The summed E-state index contributed by atoms with van der Waals surface area (Å²) in [6.45, 7) is 1.83. The third-order valence-corrected chi connectivity index (χ3v) is 5.85. The summed E-state index contributed by atoms with van der Waals surface area (Å²) in [5.74, 6) is 4.58. The lowest BCUT2D eigenvalue weighted by Crippen LogP contribution is -2.20. The number of nitrogens with two attached hydrogens (primary N) is 1. The molecule has 122 valence electrons. The second-order valence-electron chi connectivity index (χ2n) is 6.31. The van der Waals surface area contributed by atoms with Gasteiger partial charge in [0, 0.05) is 18.3 Å². The third kappa shape index (κ3) is 3.36. The van der Waals surface area contributed by atoms with E-state index in [9.17, 15) is 0 Å². The van der Waals surface area contributed by atoms with E-state index in [1.165, 1.54) is 11.3 Å². The maximum Gasteiger partial charge on any atom is 0.161 e. The molecule has 2 aliphatic rings. The van der Waals surface area contributed by atoms with Crippen molar-refractivity contribution in [1.82, 2.24) is 4.90 Å². The molecule has 3 rings (SSSR count). The summed E-state index contributed by atoms with van der Waals surface area (Å²) in [5.41, 5.74) is 7.13. The van der Waals surface area contributed by atoms with Crippen LogP contribution in [0.25, 0.3) is 0 Å². The van der Waals surface area contributed by atoms with Crippen LogP contribution in [0.4, 0.5) is 0 Å². The fourth-order valence-electron chi connectivity index (χ4n) is 3.44. The zero-order chi connectivity index (χ0) is 15.5. The molecule has 0 radical (unpaired) electrons. The lowest BCUT2D eigenvalue weighted by atomic mass is 9.99. The minimum absolute atomic E-state index is 0.320. The Labute approximate surface area is 137 Å². The Morgan fingerprint density at radius 3 is 2.86 bits per heavy atom. The van der Waals surface area contributed by atoms with Gasteiger partial charge in [0.15, 0.2) is 11.5 Å². The van der Waals surface area contributed by atoms with Crippen LogP contribution in [0.3, 0.4) is 0 Å². The van der Waals surface area contributed by atoms with Crippen molar-refractivity contribution in [3.8, 4) is 11.5 Å². The number of likely N-dealkylation sites (tertiary alicyclic amines) is 1. The predicted molar refractivity (Wildman–Crippen MR) is 91.9 cm³/mol. The molecular weight excluding hydrogens is 296 g/mol. The highest BCUT2D eigenvalue weighted by atomic mass is 32.2. The molecule has 0 bridgehead atoms. The van der Waals surface area contributed by atoms with Gasteiger partial charge in [0.2, 0.25) is 0 Å². The number of methoxy groups -OCH3 is 1. The molecule has 0 spiro atoms. The molecule has 0 saturated carbocycles. The van der Waals surface area contributed by atoms with Crippen LogP contribution in [-0.2, 0) is 0 Å². The van der Waals surface area contributed by atoms with Crippen molar-refractivity contribution in [2.24, 2.45) is 11.7 Å². The zero-order valence-corrected chi connectivity index (χ0v) is 14.3. The summed E-state index contributed by atoms with van der Waals surface area (Å²) in [6, 6.07) is 6.82. The average Bonchev–Trinajstić information content (AvgIpc) is 3.17. The van der Waals surface area contributed by atoms with Crippen molar-refractivity contribution in [2.75, 3.05) is 38.8 Å². The summed E-state index contributed by atoms with van der Waals surface area (Å²) in [7, 11) is 3.89. The lowest BCUT2D eigenvalue weighted by Gasteiger charge is -2.22. The third-order valence-electron chi connectivity index (χ3n) is 4.72. The first kappa shape index (κ1) is 16.0. The van der Waals surface area contributed by atoms with Crippen molar-refractivity contribution in [3.63, 3.8) is 0 Å². The van der Waals surface area contributed by atoms with Gasteiger partial charge in [-0.15, -0.1) is 0 Å². The lowest BCUT2D eigenvalue weighted by molar-refractivity contribution is 0.218. The largest absolute Gasteiger partial charge is 0.493 e. The van der Waals surface area contributed by atoms with Crippen LogP contribution >= 0.6 is 11.8 Å². The average molecular weight is 322 g/mol. The number of ether oxygens (including phenoxy) is 2. The highest BCUT2D eigenvalue weighted by molar-refractivity contribution is 7.99. The second kappa shape index (κ2) is 7.11. The molecule has 2 heterocycles. The van der Waals surface area contributed by atoms with Gasteiger partial charge in [0.05, 0.1) is 7.11 Å². The van der Waals surface area contributed by atoms with Crippen molar-refractivity contribution >= 4 is 11.8 Å². The van der Waals surface area contributed by atoms with Crippen LogP contribution < -0.4 is 15.2 Å². The van der Waals surface area contributed by atoms with Crippen LogP contribution in [-0.4, -0.2) is 49.8 Å². The van der Waals surface area contributed by atoms with Gasteiger partial charge < -0.3 is 15.2 Å². The number of benzene rings is 1. The zero-order valence-electron chi connectivity index (χ0n) is 13.5. The topological polar surface area (TPSA) is 47.7 Å². The van der Waals surface area contributed by atoms with E-state index in [1.54, 1.807) is 7.11 Å². The maximum absolute atomic E-state index is 6.10. The molecule has 3 unspecified atom stereocenters. The van der Waals surface area contributed by atoms with Crippen molar-refractivity contribution in [2.45, 2.75) is 25.0 Å². The molecule has 0 aliphatic carbocycles. The van der Waals surface area contributed by atoms with Gasteiger partial charge in [-0.25, -0.2) is 0 Å². The Bertz CT molecular complexity index is 505. The molecule has 4 nitrogen and oxygen atoms in total. The number of thioether (sulfide) groups is 1. The van der Waals surface area contributed by atoms with E-state index in [-0.39, 0.29) is 0 Å². The normalized spacial score (nSPS) is 29.0. The SMILES string of the molecule is COc1cc(C2CC(CN)CN2C)ccc1OC1CCSC1. The fraction of sp³-hybridized carbons (Fsp3) is 0.647. The summed E-state index contributed by atoms with van der Waals surface area (Å²) in [5, 5.41) is 0. The number of hydrogen-bond acceptors (Lipinski definition) is 5. The van der Waals surface area contributed by atoms with E-state index in [0.717, 1.165) is 43.2 Å². The number of rotatable bonds is 5. The van der Waals surface area contributed by atoms with E-state index >= 15 is 0 Å². The molecule has 22 heavy (non-hydrogen) atoms. The minimum Gasteiger partial charge on any atom is -0.493 e. The molecule has 0 amide bonds. The Morgan fingerprint density at radius 1 is 1.36 bits per heavy atom. The van der Waals surface area contributed by atoms with Gasteiger partial charge in [-0.2, -0.15) is 11.8 Å². The monoisotopic (exact) mass is 322 g/mol. The fourth-order valence-corrected chi connectivity index (χ4v) is 4.53. The van der Waals surface area contributed by atoms with Gasteiger partial charge in [0.1, 0.15) is 6.10 Å². The van der Waals surface area contributed by atoms with Gasteiger partial charge >= 0.3 is 0 Å². The van der Waals surface area contributed by atoms with Crippen molar-refractivity contribution in [3.05, 3.63) is 23.8 Å². The Kier molecular flexibility index (Phi) is 5.16. The van der Waals surface area contributed by atoms with Crippen LogP contribution in [0.15, 0.2) is 18.2 Å². The summed E-state index contributed by atoms with van der Waals surface area (Å²) >= 11 is 1.96. The smallest absolute Gasteiger partial charge is 0.161 e. The van der Waals surface area contributed by atoms with Crippen LogP contribution in [0.5, 0.6) is 11.5 Å². The Morgan fingerprint density at radius 2 is 2.23 bits per heavy atom. The minimum atomic E-state index is 0.320. The molecule has 2 N–H and O–H groups in total. The highest BCUT2D eigenvalue weighted by Crippen LogP contribution is 2.38. The maximum atomic E-state index is 6.10. The predicted octanol–water partition coefficient (Wildman–Crippen LogP) is 2.53. The van der Waals surface area contributed by atoms with E-state index < -0.39 is 0 Å². The van der Waals surface area contributed by atoms with Crippen molar-refractivity contribution < 1.29 is 9.47 Å². The molecule has 0 aromatic heterocycles. The Hall–Kier alpha value is -0.910. The highest BCUT2D eigenvalue weighted by Gasteiger charge is 2.30. The number of hydrogen-bond donors (Lipinski definition) is 1. The van der Waals surface area contributed by atoms with Gasteiger partial charge in [-0.1, -0.05) is 6.07 Å². The van der Waals surface area contributed by atoms with E-state index in [4.69, 9.17) is 15.2 Å². The molecule has 5 heteroatoms. The molecule has 3 atom stereocenters. The summed E-state index contributed by atoms with van der Waals surface area (Å²) in [6.07, 6.45) is 2.56. The first-order valence-electron chi connectivity index (χ1n) is 8.04. The van der Waals surface area contributed by atoms with Crippen molar-refractivity contribution in [1.29, 1.82) is 0 Å². The molecule has 2 aliphatic heterocycles. The van der Waals surface area contributed by atoms with Gasteiger partial charge in [-0.3, -0.25) is 4.90 Å². The summed E-state index contributed by atoms with van der Waals surface area (Å²) in [4.78, 5) is 2.39. The van der Waals surface area contributed by atoms with Crippen LogP contribution in [0, 0.1) is 5.92 Å². The second-order valence-corrected chi connectivity index (χ2v) is 7.46. The molecular formula is C17H26N2O2S. The molecule has 2 fully saturated rings. The van der Waals surface area contributed by atoms with Gasteiger partial charge in [0.25, 0.3) is 0 Å². The first-order chi connectivity index (χ1) is 10.7. The Balaban J connectivity index is 1.76. The standard InChI is InChI=1S/C17H26N2O2S/c1-19-10-12(9-18)7-15(19)13-3-4-16(17(8-13)20-2)21-14-5-6-22-11-14/h3-4,8,12,14-15H,5-7,9-11,18H2,1-2H3. The first-order valence-corrected chi connectivity index (χ1v) is 9.19. The van der Waals surface area contributed by atoms with E-state index in [1.807, 2.05) is 11.8 Å². The molecule has 2 saturated heterocycles. The number of nitrogens with zero attached hydrogens (tertiary/aromatic N) is 1. The van der Waals surface area contributed by atoms with Crippen LogP contribution in [0.2, 0.25) is 0 Å². The van der Waals surface area contributed by atoms with Crippen LogP contribution in [0.1, 0.15) is 24.4 Å².